The van der Waals surface area contributed by atoms with E-state index in [2.05, 4.69) is 9.71 Å². The Hall–Kier alpha value is -1.70. The van der Waals surface area contributed by atoms with Crippen molar-refractivity contribution in [2.75, 3.05) is 4.72 Å². The van der Waals surface area contributed by atoms with Crippen LogP contribution in [-0.4, -0.2) is 18.4 Å². The Kier molecular flexibility index (Phi) is 4.46. The average Bonchev–Trinajstić information content (AvgIpc) is 2.42. The summed E-state index contributed by atoms with van der Waals surface area (Å²) in [6.07, 6.45) is 1.43. The Balaban J connectivity index is 2.46. The highest BCUT2D eigenvalue weighted by molar-refractivity contribution is 7.93. The first-order valence-electron chi connectivity index (χ1n) is 5.85. The fourth-order valence-corrected chi connectivity index (χ4v) is 3.49. The van der Waals surface area contributed by atoms with Crippen LogP contribution in [0.1, 0.15) is 11.3 Å². The minimum atomic E-state index is -3.85. The molecule has 5 nitrogen and oxygen atoms in total. The zero-order chi connectivity index (χ0) is 15.6. The van der Waals surface area contributed by atoms with Crippen molar-refractivity contribution in [2.24, 2.45) is 5.73 Å². The molecule has 0 atom stereocenters. The molecular formula is C13H12ClN3O2S2. The van der Waals surface area contributed by atoms with E-state index in [0.717, 1.165) is 0 Å². The van der Waals surface area contributed by atoms with Crippen molar-refractivity contribution in [1.82, 2.24) is 4.98 Å². The van der Waals surface area contributed by atoms with Crippen LogP contribution in [-0.2, 0) is 10.0 Å². The van der Waals surface area contributed by atoms with Crippen LogP contribution < -0.4 is 10.5 Å². The fraction of sp³-hybridized carbons (Fsp3) is 0.0769. The van der Waals surface area contributed by atoms with E-state index < -0.39 is 10.0 Å². The lowest BCUT2D eigenvalue weighted by molar-refractivity contribution is 0.600. The molecule has 21 heavy (non-hydrogen) atoms. The van der Waals surface area contributed by atoms with Gasteiger partial charge >= 0.3 is 0 Å². The zero-order valence-electron chi connectivity index (χ0n) is 11.0. The number of pyridine rings is 1. The van der Waals surface area contributed by atoms with Crippen molar-refractivity contribution in [3.8, 4) is 0 Å². The maximum Gasteiger partial charge on any atom is 0.264 e. The molecule has 110 valence electrons. The molecule has 1 heterocycles. The summed E-state index contributed by atoms with van der Waals surface area (Å²) in [4.78, 5) is 3.77. The number of aryl methyl sites for hydroxylation is 1. The van der Waals surface area contributed by atoms with Crippen LogP contribution in [0.2, 0.25) is 5.02 Å². The Morgan fingerprint density at radius 2 is 2.10 bits per heavy atom. The van der Waals surface area contributed by atoms with Gasteiger partial charge in [-0.1, -0.05) is 23.8 Å². The van der Waals surface area contributed by atoms with Crippen LogP contribution in [0.3, 0.4) is 0 Å². The van der Waals surface area contributed by atoms with Crippen LogP contribution in [0.4, 0.5) is 5.69 Å². The van der Waals surface area contributed by atoms with Crippen molar-refractivity contribution in [3.63, 3.8) is 0 Å². The average molecular weight is 342 g/mol. The molecule has 0 aliphatic rings. The fourth-order valence-electron chi connectivity index (χ4n) is 1.73. The Morgan fingerprint density at radius 3 is 2.71 bits per heavy atom. The normalized spacial score (nSPS) is 11.1. The molecule has 1 aromatic carbocycles. The minimum Gasteiger partial charge on any atom is -0.388 e. The predicted octanol–water partition coefficient (Wildman–Crippen LogP) is 2.48. The van der Waals surface area contributed by atoms with E-state index in [1.807, 2.05) is 0 Å². The number of rotatable bonds is 4. The summed E-state index contributed by atoms with van der Waals surface area (Å²) < 4.78 is 27.4. The Morgan fingerprint density at radius 1 is 1.38 bits per heavy atom. The molecule has 0 aliphatic heterocycles. The van der Waals surface area contributed by atoms with Crippen LogP contribution in [0.5, 0.6) is 0 Å². The number of thiocarbonyl (C=S) groups is 1. The quantitative estimate of drug-likeness (QED) is 0.834. The number of sulfonamides is 1. The molecule has 1 aromatic heterocycles. The molecule has 0 unspecified atom stereocenters. The van der Waals surface area contributed by atoms with Gasteiger partial charge in [-0.05, 0) is 42.8 Å². The van der Waals surface area contributed by atoms with Gasteiger partial charge in [0.15, 0.2) is 0 Å². The molecule has 0 bridgehead atoms. The van der Waals surface area contributed by atoms with Gasteiger partial charge in [0, 0.05) is 11.2 Å². The molecule has 0 spiro atoms. The van der Waals surface area contributed by atoms with E-state index in [4.69, 9.17) is 29.6 Å². The van der Waals surface area contributed by atoms with Crippen LogP contribution in [0.25, 0.3) is 0 Å². The largest absolute Gasteiger partial charge is 0.388 e. The molecular weight excluding hydrogens is 330 g/mol. The molecule has 0 saturated carbocycles. The van der Waals surface area contributed by atoms with Gasteiger partial charge in [-0.2, -0.15) is 0 Å². The molecule has 0 fully saturated rings. The van der Waals surface area contributed by atoms with E-state index in [1.54, 1.807) is 25.1 Å². The molecule has 2 aromatic rings. The summed E-state index contributed by atoms with van der Waals surface area (Å²) in [7, 11) is -3.85. The van der Waals surface area contributed by atoms with Gasteiger partial charge < -0.3 is 5.73 Å². The number of anilines is 1. The van der Waals surface area contributed by atoms with Crippen molar-refractivity contribution in [3.05, 3.63) is 52.8 Å². The first-order chi connectivity index (χ1) is 9.81. The van der Waals surface area contributed by atoms with Gasteiger partial charge in [-0.3, -0.25) is 9.71 Å². The molecule has 3 N–H and O–H groups in total. The van der Waals surface area contributed by atoms with E-state index in [0.29, 0.717) is 16.3 Å². The molecule has 2 rings (SSSR count). The van der Waals surface area contributed by atoms with E-state index >= 15 is 0 Å². The Labute approximate surface area is 133 Å². The topological polar surface area (TPSA) is 85.1 Å². The molecule has 0 radical (unpaired) electrons. The second-order valence-corrected chi connectivity index (χ2v) is 6.81. The first-order valence-corrected chi connectivity index (χ1v) is 8.12. The Bertz CT molecular complexity index is 807. The predicted molar refractivity (Wildman–Crippen MR) is 87.1 cm³/mol. The van der Waals surface area contributed by atoms with Gasteiger partial charge in [-0.25, -0.2) is 8.42 Å². The summed E-state index contributed by atoms with van der Waals surface area (Å²) in [5.74, 6) is 0. The summed E-state index contributed by atoms with van der Waals surface area (Å²) >= 11 is 10.7. The smallest absolute Gasteiger partial charge is 0.264 e. The van der Waals surface area contributed by atoms with E-state index in [1.165, 1.54) is 18.3 Å². The monoisotopic (exact) mass is 341 g/mol. The molecule has 0 amide bonds. The number of hydrogen-bond acceptors (Lipinski definition) is 4. The van der Waals surface area contributed by atoms with Gasteiger partial charge in [0.25, 0.3) is 10.0 Å². The zero-order valence-corrected chi connectivity index (χ0v) is 13.4. The lowest BCUT2D eigenvalue weighted by atomic mass is 10.2. The van der Waals surface area contributed by atoms with E-state index in [9.17, 15) is 8.42 Å². The molecule has 0 saturated heterocycles. The van der Waals surface area contributed by atoms with Crippen molar-refractivity contribution >= 4 is 44.5 Å². The number of nitrogens with zero attached hydrogens (tertiary/aromatic N) is 1. The standard InChI is InChI=1S/C13H12ClN3O2S2/c1-8-7-9(14)4-5-10(8)17-21(18,19)11-3-2-6-16-12(11)13(15)20/h2-7,17H,1H3,(H2,15,20). The second kappa shape index (κ2) is 5.97. The summed E-state index contributed by atoms with van der Waals surface area (Å²) in [6.45, 7) is 1.75. The maximum atomic E-state index is 12.5. The molecule has 8 heteroatoms. The number of hydrogen-bond donors (Lipinski definition) is 2. The third-order valence-electron chi connectivity index (χ3n) is 2.73. The van der Waals surface area contributed by atoms with Gasteiger partial charge in [0.05, 0.1) is 5.69 Å². The number of nitrogens with two attached hydrogens (primary N) is 1. The van der Waals surface area contributed by atoms with Gasteiger partial charge in [0.1, 0.15) is 15.6 Å². The maximum absolute atomic E-state index is 12.5. The third-order valence-corrected chi connectivity index (χ3v) is 4.55. The van der Waals surface area contributed by atoms with Crippen LogP contribution >= 0.6 is 23.8 Å². The highest BCUT2D eigenvalue weighted by atomic mass is 35.5. The number of nitrogens with one attached hydrogen (secondary N) is 1. The lowest BCUT2D eigenvalue weighted by Crippen LogP contribution is -2.21. The minimum absolute atomic E-state index is 0.0617. The summed E-state index contributed by atoms with van der Waals surface area (Å²) in [5, 5.41) is 0.528. The van der Waals surface area contributed by atoms with Crippen molar-refractivity contribution in [2.45, 2.75) is 11.8 Å². The van der Waals surface area contributed by atoms with Gasteiger partial charge in [-0.15, -0.1) is 0 Å². The van der Waals surface area contributed by atoms with Gasteiger partial charge in [0.2, 0.25) is 0 Å². The van der Waals surface area contributed by atoms with Crippen molar-refractivity contribution in [1.29, 1.82) is 0 Å². The second-order valence-electron chi connectivity index (χ2n) is 4.28. The van der Waals surface area contributed by atoms with Crippen LogP contribution in [0.15, 0.2) is 41.4 Å². The number of benzene rings is 1. The summed E-state index contributed by atoms with van der Waals surface area (Å²) in [5.41, 5.74) is 6.70. The van der Waals surface area contributed by atoms with Crippen LogP contribution in [0, 0.1) is 6.92 Å². The van der Waals surface area contributed by atoms with E-state index in [-0.39, 0.29) is 15.6 Å². The lowest BCUT2D eigenvalue weighted by Gasteiger charge is -2.12. The third kappa shape index (κ3) is 3.49. The SMILES string of the molecule is Cc1cc(Cl)ccc1NS(=O)(=O)c1cccnc1C(N)=S. The summed E-state index contributed by atoms with van der Waals surface area (Å²) in [6, 6.07) is 7.76. The van der Waals surface area contributed by atoms with Crippen molar-refractivity contribution < 1.29 is 8.42 Å². The molecule has 0 aliphatic carbocycles. The number of halogens is 1. The highest BCUT2D eigenvalue weighted by Gasteiger charge is 2.21. The highest BCUT2D eigenvalue weighted by Crippen LogP contribution is 2.23. The number of aromatic nitrogens is 1. The first kappa shape index (κ1) is 15.7.